The minimum Gasteiger partial charge on any atom is -0.479 e. The molecule has 28 heavy (non-hydrogen) atoms. The molecule has 0 radical (unpaired) electrons. The van der Waals surface area contributed by atoms with Gasteiger partial charge in [0.1, 0.15) is 11.4 Å². The van der Waals surface area contributed by atoms with Crippen molar-refractivity contribution in [3.63, 3.8) is 0 Å². The quantitative estimate of drug-likeness (QED) is 0.537. The van der Waals surface area contributed by atoms with Crippen molar-refractivity contribution in [3.8, 4) is 11.4 Å². The number of benzene rings is 2. The fraction of sp³-hybridized carbons (Fsp3) is 0.150. The highest BCUT2D eigenvalue weighted by Gasteiger charge is 2.21. The van der Waals surface area contributed by atoms with Gasteiger partial charge in [0.05, 0.1) is 11.3 Å². The second-order valence-electron chi connectivity index (χ2n) is 6.14. The molecule has 0 amide bonds. The molecular formula is C20H16BrClN2O4. The Morgan fingerprint density at radius 1 is 1.21 bits per heavy atom. The summed E-state index contributed by atoms with van der Waals surface area (Å²) in [5.74, 6) is -1.32. The van der Waals surface area contributed by atoms with E-state index < -0.39 is 12.1 Å². The number of nitrogens with zero attached hydrogens (tertiary/aromatic N) is 2. The van der Waals surface area contributed by atoms with Crippen LogP contribution in [0.5, 0.6) is 5.75 Å². The smallest absolute Gasteiger partial charge is 0.344 e. The number of carbonyl (C=O) groups is 2. The van der Waals surface area contributed by atoms with E-state index in [1.807, 2.05) is 19.1 Å². The summed E-state index contributed by atoms with van der Waals surface area (Å²) in [6.07, 6.45) is 0.587. The summed E-state index contributed by atoms with van der Waals surface area (Å²) in [5, 5.41) is 14.1. The third-order valence-corrected chi connectivity index (χ3v) is 4.79. The van der Waals surface area contributed by atoms with Gasteiger partial charge in [-0.25, -0.2) is 9.48 Å². The van der Waals surface area contributed by atoms with Crippen LogP contribution in [0.25, 0.3) is 5.69 Å². The predicted molar refractivity (Wildman–Crippen MR) is 109 cm³/mol. The highest BCUT2D eigenvalue weighted by molar-refractivity contribution is 9.10. The first-order valence-corrected chi connectivity index (χ1v) is 9.49. The Labute approximate surface area is 174 Å². The molecule has 1 N–H and O–H groups in total. The molecule has 1 aromatic heterocycles. The fourth-order valence-electron chi connectivity index (χ4n) is 2.62. The number of ketones is 1. The lowest BCUT2D eigenvalue weighted by molar-refractivity contribution is -0.144. The van der Waals surface area contributed by atoms with Crippen LogP contribution in [0.15, 0.2) is 53.1 Å². The van der Waals surface area contributed by atoms with Crippen molar-refractivity contribution in [2.75, 3.05) is 0 Å². The van der Waals surface area contributed by atoms with Crippen LogP contribution in [0, 0.1) is 6.92 Å². The number of carboxylic acid groups (broad SMARTS) is 1. The number of aromatic nitrogens is 2. The summed E-state index contributed by atoms with van der Waals surface area (Å²) < 4.78 is 7.70. The van der Waals surface area contributed by atoms with Crippen LogP contribution in [-0.2, 0) is 4.79 Å². The summed E-state index contributed by atoms with van der Waals surface area (Å²) in [4.78, 5) is 24.1. The first-order chi connectivity index (χ1) is 13.3. The van der Waals surface area contributed by atoms with E-state index in [4.69, 9.17) is 21.4 Å². The Morgan fingerprint density at radius 2 is 1.96 bits per heavy atom. The molecule has 8 heteroatoms. The first kappa shape index (κ1) is 20.1. The van der Waals surface area contributed by atoms with E-state index in [9.17, 15) is 9.59 Å². The average molecular weight is 464 g/mol. The molecule has 0 bridgehead atoms. The fourth-order valence-corrected chi connectivity index (χ4v) is 3.20. The van der Waals surface area contributed by atoms with Crippen LogP contribution in [-0.4, -0.2) is 32.7 Å². The van der Waals surface area contributed by atoms with Gasteiger partial charge in [-0.1, -0.05) is 27.5 Å². The molecule has 1 heterocycles. The summed E-state index contributed by atoms with van der Waals surface area (Å²) in [6, 6.07) is 11.8. The Hall–Kier alpha value is -2.64. The zero-order valence-corrected chi connectivity index (χ0v) is 17.4. The van der Waals surface area contributed by atoms with E-state index in [1.165, 1.54) is 6.92 Å². The lowest BCUT2D eigenvalue weighted by Crippen LogP contribution is -2.24. The molecule has 1 atom stereocenters. The SMILES string of the molecule is Cc1cc(Cl)ccc1-n1ccc(C(=O)c2cc(Br)ccc2OC(C)C(=O)O)n1. The Kier molecular flexibility index (Phi) is 5.86. The number of hydrogen-bond donors (Lipinski definition) is 1. The molecule has 1 unspecified atom stereocenters. The highest BCUT2D eigenvalue weighted by atomic mass is 79.9. The number of hydrogen-bond acceptors (Lipinski definition) is 4. The molecule has 0 aliphatic carbocycles. The van der Waals surface area contributed by atoms with Gasteiger partial charge in [-0.3, -0.25) is 4.79 Å². The van der Waals surface area contributed by atoms with Crippen LogP contribution in [0.3, 0.4) is 0 Å². The van der Waals surface area contributed by atoms with Gasteiger partial charge in [-0.2, -0.15) is 5.10 Å². The normalized spacial score (nSPS) is 11.9. The van der Waals surface area contributed by atoms with E-state index in [-0.39, 0.29) is 22.8 Å². The van der Waals surface area contributed by atoms with E-state index in [0.717, 1.165) is 11.3 Å². The van der Waals surface area contributed by atoms with Crippen molar-refractivity contribution >= 4 is 39.3 Å². The molecule has 2 aromatic carbocycles. The number of aryl methyl sites for hydroxylation is 1. The van der Waals surface area contributed by atoms with E-state index in [1.54, 1.807) is 41.2 Å². The van der Waals surface area contributed by atoms with Crippen molar-refractivity contribution in [2.24, 2.45) is 0 Å². The molecule has 0 aliphatic rings. The number of carbonyl (C=O) groups excluding carboxylic acids is 1. The molecule has 0 saturated carbocycles. The highest BCUT2D eigenvalue weighted by Crippen LogP contribution is 2.27. The predicted octanol–water partition coefficient (Wildman–Crippen LogP) is 4.68. The van der Waals surface area contributed by atoms with E-state index in [2.05, 4.69) is 21.0 Å². The van der Waals surface area contributed by atoms with E-state index in [0.29, 0.717) is 9.50 Å². The van der Waals surface area contributed by atoms with Crippen LogP contribution in [0.4, 0.5) is 0 Å². The number of halogens is 2. The van der Waals surface area contributed by atoms with Gasteiger partial charge in [-0.15, -0.1) is 0 Å². The Balaban J connectivity index is 1.96. The molecule has 0 aliphatic heterocycles. The first-order valence-electron chi connectivity index (χ1n) is 8.32. The summed E-state index contributed by atoms with van der Waals surface area (Å²) in [5.41, 5.74) is 2.14. The molecule has 0 spiro atoms. The van der Waals surface area contributed by atoms with Crippen LogP contribution in [0.2, 0.25) is 5.02 Å². The summed E-state index contributed by atoms with van der Waals surface area (Å²) in [7, 11) is 0. The van der Waals surface area contributed by atoms with Crippen LogP contribution < -0.4 is 4.74 Å². The average Bonchev–Trinajstić information content (AvgIpc) is 3.12. The standard InChI is InChI=1S/C20H16BrClN2O4/c1-11-9-14(22)4-5-17(11)24-8-7-16(23-24)19(25)15-10-13(21)3-6-18(15)28-12(2)20(26)27/h3-10,12H,1-2H3,(H,26,27). The maximum atomic E-state index is 13.0. The second-order valence-corrected chi connectivity index (χ2v) is 7.50. The molecule has 144 valence electrons. The number of rotatable bonds is 6. The maximum absolute atomic E-state index is 13.0. The Morgan fingerprint density at radius 3 is 2.64 bits per heavy atom. The largest absolute Gasteiger partial charge is 0.479 e. The molecule has 6 nitrogen and oxygen atoms in total. The van der Waals surface area contributed by atoms with Gasteiger partial charge in [-0.05, 0) is 61.9 Å². The van der Waals surface area contributed by atoms with Crippen molar-refractivity contribution in [1.29, 1.82) is 0 Å². The van der Waals surface area contributed by atoms with Gasteiger partial charge in [0.15, 0.2) is 6.10 Å². The number of carboxylic acids is 1. The van der Waals surface area contributed by atoms with E-state index >= 15 is 0 Å². The molecule has 3 rings (SSSR count). The summed E-state index contributed by atoms with van der Waals surface area (Å²) >= 11 is 9.32. The van der Waals surface area contributed by atoms with Gasteiger partial charge in [0, 0.05) is 15.7 Å². The zero-order chi connectivity index (χ0) is 20.4. The zero-order valence-electron chi connectivity index (χ0n) is 15.0. The minimum absolute atomic E-state index is 0.181. The van der Waals surface area contributed by atoms with Gasteiger partial charge in [0.25, 0.3) is 0 Å². The van der Waals surface area contributed by atoms with Crippen LogP contribution in [0.1, 0.15) is 28.5 Å². The summed E-state index contributed by atoms with van der Waals surface area (Å²) in [6.45, 7) is 3.30. The third kappa shape index (κ3) is 4.26. The number of aliphatic carboxylic acids is 1. The van der Waals surface area contributed by atoms with Crippen LogP contribution >= 0.6 is 27.5 Å². The van der Waals surface area contributed by atoms with Crippen molar-refractivity contribution in [3.05, 3.63) is 75.0 Å². The molecule has 3 aromatic rings. The molecular weight excluding hydrogens is 448 g/mol. The topological polar surface area (TPSA) is 81.4 Å². The van der Waals surface area contributed by atoms with Gasteiger partial charge in [0.2, 0.25) is 5.78 Å². The third-order valence-electron chi connectivity index (χ3n) is 4.07. The van der Waals surface area contributed by atoms with Crippen molar-refractivity contribution in [2.45, 2.75) is 20.0 Å². The lowest BCUT2D eigenvalue weighted by Gasteiger charge is -2.13. The monoisotopic (exact) mass is 462 g/mol. The van der Waals surface area contributed by atoms with Gasteiger partial charge >= 0.3 is 5.97 Å². The van der Waals surface area contributed by atoms with Crippen molar-refractivity contribution < 1.29 is 19.4 Å². The minimum atomic E-state index is -1.12. The van der Waals surface area contributed by atoms with Crippen molar-refractivity contribution in [1.82, 2.24) is 9.78 Å². The lowest BCUT2D eigenvalue weighted by atomic mass is 10.1. The maximum Gasteiger partial charge on any atom is 0.344 e. The van der Waals surface area contributed by atoms with Gasteiger partial charge < -0.3 is 9.84 Å². The Bertz CT molecular complexity index is 1060. The molecule has 0 fully saturated rings. The second kappa shape index (κ2) is 8.16. The number of ether oxygens (including phenoxy) is 1. The molecule has 0 saturated heterocycles.